The molecule has 0 spiro atoms. The highest BCUT2D eigenvalue weighted by Crippen LogP contribution is 2.27. The van der Waals surface area contributed by atoms with E-state index in [0.717, 1.165) is 25.7 Å². The summed E-state index contributed by atoms with van der Waals surface area (Å²) in [5.41, 5.74) is 5.48. The molecule has 0 aromatic carbocycles. The second kappa shape index (κ2) is 3.72. The van der Waals surface area contributed by atoms with E-state index in [1.165, 1.54) is 0 Å². The molecule has 0 aromatic rings. The van der Waals surface area contributed by atoms with E-state index in [9.17, 15) is 4.79 Å². The Balaban J connectivity index is 0.00000121. The van der Waals surface area contributed by atoms with E-state index in [4.69, 9.17) is 10.8 Å². The molecule has 1 fully saturated rings. The molecule has 0 saturated heterocycles. The Bertz CT molecular complexity index is 144. The van der Waals surface area contributed by atoms with Gasteiger partial charge in [-0.25, -0.2) is 0 Å². The fourth-order valence-corrected chi connectivity index (χ4v) is 1.65. The molecule has 0 unspecified atom stereocenters. The van der Waals surface area contributed by atoms with Crippen molar-refractivity contribution in [3.05, 3.63) is 0 Å². The van der Waals surface area contributed by atoms with E-state index >= 15 is 0 Å². The molecule has 0 aliphatic heterocycles. The SMILES string of the molecule is NC[C@H]1CC[C@H](C(=O)O)CC1.[H+]. The minimum atomic E-state index is -0.638. The third-order valence-corrected chi connectivity index (χ3v) is 2.53. The average Bonchev–Trinajstić information content (AvgIpc) is 2.05. The average molecular weight is 158 g/mol. The van der Waals surface area contributed by atoms with E-state index in [0.29, 0.717) is 12.5 Å². The molecule has 0 amide bonds. The first-order valence-corrected chi connectivity index (χ1v) is 4.17. The summed E-state index contributed by atoms with van der Waals surface area (Å²) in [5.74, 6) is -0.163. The van der Waals surface area contributed by atoms with Crippen molar-refractivity contribution < 1.29 is 11.3 Å². The van der Waals surface area contributed by atoms with Crippen molar-refractivity contribution in [2.45, 2.75) is 25.7 Å². The number of carboxylic acids is 1. The second-order valence-corrected chi connectivity index (χ2v) is 3.29. The molecule has 3 nitrogen and oxygen atoms in total. The summed E-state index contributed by atoms with van der Waals surface area (Å²) in [7, 11) is 0. The van der Waals surface area contributed by atoms with Gasteiger partial charge in [-0.05, 0) is 38.1 Å². The van der Waals surface area contributed by atoms with Gasteiger partial charge < -0.3 is 10.8 Å². The maximum absolute atomic E-state index is 10.5. The molecule has 3 N–H and O–H groups in total. The van der Waals surface area contributed by atoms with Crippen molar-refractivity contribution in [2.24, 2.45) is 17.6 Å². The number of nitrogens with two attached hydrogens (primary N) is 1. The first-order chi connectivity index (χ1) is 5.24. The quantitative estimate of drug-likeness (QED) is 0.629. The number of hydrogen-bond acceptors (Lipinski definition) is 2. The first kappa shape index (κ1) is 8.53. The summed E-state index contributed by atoms with van der Waals surface area (Å²) in [6, 6.07) is 0. The maximum Gasteiger partial charge on any atom is 1.00 e. The fourth-order valence-electron chi connectivity index (χ4n) is 1.65. The van der Waals surface area contributed by atoms with E-state index in [1.807, 2.05) is 0 Å². The molecule has 1 aliphatic rings. The van der Waals surface area contributed by atoms with Gasteiger partial charge in [0, 0.05) is 0 Å². The lowest BCUT2D eigenvalue weighted by molar-refractivity contribution is -0.143. The van der Waals surface area contributed by atoms with Crippen molar-refractivity contribution in [3.8, 4) is 0 Å². The van der Waals surface area contributed by atoms with Crippen LogP contribution in [0.3, 0.4) is 0 Å². The van der Waals surface area contributed by atoms with Gasteiger partial charge in [0.2, 0.25) is 0 Å². The summed E-state index contributed by atoms with van der Waals surface area (Å²) < 4.78 is 0. The maximum atomic E-state index is 10.5. The minimum absolute atomic E-state index is 0. The van der Waals surface area contributed by atoms with Crippen LogP contribution in [0.1, 0.15) is 27.1 Å². The fraction of sp³-hybridized carbons (Fsp3) is 0.875. The van der Waals surface area contributed by atoms with Crippen molar-refractivity contribution in [1.29, 1.82) is 0 Å². The Hall–Kier alpha value is -0.570. The predicted molar refractivity (Wildman–Crippen MR) is 43.3 cm³/mol. The van der Waals surface area contributed by atoms with Crippen molar-refractivity contribution >= 4 is 5.97 Å². The minimum Gasteiger partial charge on any atom is -0.481 e. The zero-order valence-electron chi connectivity index (χ0n) is 7.62. The van der Waals surface area contributed by atoms with Crippen LogP contribution in [0, 0.1) is 11.8 Å². The molecule has 11 heavy (non-hydrogen) atoms. The molecule has 3 heteroatoms. The van der Waals surface area contributed by atoms with Crippen molar-refractivity contribution in [3.63, 3.8) is 0 Å². The molecule has 0 radical (unpaired) electrons. The zero-order valence-corrected chi connectivity index (χ0v) is 6.62. The lowest BCUT2D eigenvalue weighted by Crippen LogP contribution is -2.25. The van der Waals surface area contributed by atoms with E-state index in [-0.39, 0.29) is 7.34 Å². The van der Waals surface area contributed by atoms with E-state index in [1.54, 1.807) is 0 Å². The van der Waals surface area contributed by atoms with Gasteiger partial charge in [0.25, 0.3) is 0 Å². The summed E-state index contributed by atoms with van der Waals surface area (Å²) in [4.78, 5) is 10.5. The molecule has 1 aliphatic carbocycles. The lowest BCUT2D eigenvalue weighted by Gasteiger charge is -2.24. The molecular weight excluding hydrogens is 142 g/mol. The van der Waals surface area contributed by atoms with Crippen LogP contribution in [0.25, 0.3) is 0 Å². The van der Waals surface area contributed by atoms with Gasteiger partial charge in [0.1, 0.15) is 0 Å². The monoisotopic (exact) mass is 158 g/mol. The third kappa shape index (κ3) is 2.19. The summed E-state index contributed by atoms with van der Waals surface area (Å²) in [6.07, 6.45) is 3.62. The van der Waals surface area contributed by atoms with Crippen LogP contribution < -0.4 is 5.73 Å². The summed E-state index contributed by atoms with van der Waals surface area (Å²) in [5, 5.41) is 8.67. The van der Waals surface area contributed by atoms with Crippen LogP contribution in [0.4, 0.5) is 0 Å². The number of rotatable bonds is 2. The number of hydrogen-bond donors (Lipinski definition) is 2. The highest BCUT2D eigenvalue weighted by molar-refractivity contribution is 5.69. The van der Waals surface area contributed by atoms with Gasteiger partial charge in [-0.3, -0.25) is 4.79 Å². The number of carboxylic acid groups (broad SMARTS) is 1. The standard InChI is InChI=1S/C8H15NO2/c9-5-6-1-3-7(4-2-6)8(10)11/h6-7H,1-5,9H2,(H,10,11)/p+1/t6-,7-. The Kier molecular flexibility index (Phi) is 2.88. The normalized spacial score (nSPS) is 31.7. The summed E-state index contributed by atoms with van der Waals surface area (Å²) >= 11 is 0. The number of aliphatic carboxylic acids is 1. The highest BCUT2D eigenvalue weighted by atomic mass is 16.4. The Labute approximate surface area is 68.1 Å². The Morgan fingerprint density at radius 2 is 2.00 bits per heavy atom. The van der Waals surface area contributed by atoms with Gasteiger partial charge in [-0.2, -0.15) is 0 Å². The van der Waals surface area contributed by atoms with Gasteiger partial charge in [0.05, 0.1) is 5.92 Å². The van der Waals surface area contributed by atoms with Crippen LogP contribution in [0.15, 0.2) is 0 Å². The van der Waals surface area contributed by atoms with Crippen LogP contribution in [0.2, 0.25) is 0 Å². The van der Waals surface area contributed by atoms with Crippen molar-refractivity contribution in [2.75, 3.05) is 6.54 Å². The van der Waals surface area contributed by atoms with Crippen LogP contribution in [-0.4, -0.2) is 17.6 Å². The third-order valence-electron chi connectivity index (χ3n) is 2.53. The van der Waals surface area contributed by atoms with Gasteiger partial charge in [0.15, 0.2) is 0 Å². The van der Waals surface area contributed by atoms with Crippen molar-refractivity contribution in [1.82, 2.24) is 0 Å². The van der Waals surface area contributed by atoms with Crippen LogP contribution in [-0.2, 0) is 4.79 Å². The predicted octanol–water partition coefficient (Wildman–Crippen LogP) is 0.949. The van der Waals surface area contributed by atoms with Gasteiger partial charge >= 0.3 is 7.40 Å². The van der Waals surface area contributed by atoms with Gasteiger partial charge in [-0.1, -0.05) is 0 Å². The van der Waals surface area contributed by atoms with Crippen LogP contribution >= 0.6 is 0 Å². The zero-order chi connectivity index (χ0) is 8.27. The molecule has 1 saturated carbocycles. The largest absolute Gasteiger partial charge is 1.00 e. The van der Waals surface area contributed by atoms with Gasteiger partial charge in [-0.15, -0.1) is 0 Å². The molecule has 0 heterocycles. The number of carbonyl (C=O) groups is 1. The molecule has 0 atom stereocenters. The summed E-state index contributed by atoms with van der Waals surface area (Å²) in [6.45, 7) is 0.715. The van der Waals surface area contributed by atoms with E-state index in [2.05, 4.69) is 0 Å². The molecule has 0 bridgehead atoms. The Morgan fingerprint density at radius 1 is 1.45 bits per heavy atom. The first-order valence-electron chi connectivity index (χ1n) is 4.17. The second-order valence-electron chi connectivity index (χ2n) is 3.29. The lowest BCUT2D eigenvalue weighted by atomic mass is 9.82. The Morgan fingerprint density at radius 3 is 2.36 bits per heavy atom. The molecule has 64 valence electrons. The smallest absolute Gasteiger partial charge is 0.481 e. The molecule has 0 aromatic heterocycles. The highest BCUT2D eigenvalue weighted by Gasteiger charge is 2.24. The van der Waals surface area contributed by atoms with Crippen LogP contribution in [0.5, 0.6) is 0 Å². The topological polar surface area (TPSA) is 63.3 Å². The molecule has 1 rings (SSSR count). The molecular formula is C8H16NO2+. The van der Waals surface area contributed by atoms with E-state index < -0.39 is 5.97 Å².